The van der Waals surface area contributed by atoms with Crippen molar-refractivity contribution in [2.24, 2.45) is 5.92 Å². The molecule has 0 aromatic heterocycles. The number of carboxylic acid groups (broad SMARTS) is 1. The quantitative estimate of drug-likeness (QED) is 0.791. The zero-order valence-corrected chi connectivity index (χ0v) is 12.5. The summed E-state index contributed by atoms with van der Waals surface area (Å²) >= 11 is 0. The van der Waals surface area contributed by atoms with Crippen molar-refractivity contribution in [3.8, 4) is 0 Å². The summed E-state index contributed by atoms with van der Waals surface area (Å²) in [5, 5.41) is 11.7. The lowest BCUT2D eigenvalue weighted by Crippen LogP contribution is -2.55. The first kappa shape index (κ1) is 15.6. The summed E-state index contributed by atoms with van der Waals surface area (Å²) in [4.78, 5) is 38.7. The van der Waals surface area contributed by atoms with Crippen molar-refractivity contribution in [1.82, 2.24) is 15.1 Å². The molecule has 21 heavy (non-hydrogen) atoms. The number of amides is 3. The van der Waals surface area contributed by atoms with Crippen LogP contribution in [-0.4, -0.2) is 64.5 Å². The number of fused-ring (bicyclic) bond motifs is 1. The van der Waals surface area contributed by atoms with Gasteiger partial charge in [-0.05, 0) is 26.7 Å². The number of nitrogens with one attached hydrogen (secondary N) is 1. The van der Waals surface area contributed by atoms with Gasteiger partial charge in [0.1, 0.15) is 0 Å². The molecule has 7 nitrogen and oxygen atoms in total. The highest BCUT2D eigenvalue weighted by Crippen LogP contribution is 2.28. The van der Waals surface area contributed by atoms with Gasteiger partial charge >= 0.3 is 12.0 Å². The van der Waals surface area contributed by atoms with Crippen LogP contribution in [0.25, 0.3) is 0 Å². The van der Waals surface area contributed by atoms with E-state index in [4.69, 9.17) is 5.11 Å². The zero-order chi connectivity index (χ0) is 15.6. The van der Waals surface area contributed by atoms with Gasteiger partial charge in [0, 0.05) is 25.7 Å². The lowest BCUT2D eigenvalue weighted by atomic mass is 9.91. The molecular formula is C14H23N3O4. The molecule has 3 amide bonds. The summed E-state index contributed by atoms with van der Waals surface area (Å²) in [7, 11) is 0. The predicted octanol–water partition coefficient (Wildman–Crippen LogP) is 0.502. The molecule has 3 unspecified atom stereocenters. The van der Waals surface area contributed by atoms with Crippen molar-refractivity contribution in [3.63, 3.8) is 0 Å². The molecule has 2 rings (SSSR count). The normalized spacial score (nSPS) is 26.0. The van der Waals surface area contributed by atoms with Gasteiger partial charge in [0.25, 0.3) is 0 Å². The van der Waals surface area contributed by atoms with E-state index in [9.17, 15) is 14.4 Å². The maximum Gasteiger partial charge on any atom is 0.320 e. The summed E-state index contributed by atoms with van der Waals surface area (Å²) in [5.74, 6) is -1.00. The van der Waals surface area contributed by atoms with Gasteiger partial charge in [-0.3, -0.25) is 9.59 Å². The second-order valence-electron chi connectivity index (χ2n) is 5.77. The minimum atomic E-state index is -0.914. The molecular weight excluding hydrogens is 274 g/mol. The predicted molar refractivity (Wildman–Crippen MR) is 75.7 cm³/mol. The van der Waals surface area contributed by atoms with Crippen LogP contribution in [-0.2, 0) is 9.59 Å². The molecule has 0 saturated carbocycles. The molecule has 2 N–H and O–H groups in total. The van der Waals surface area contributed by atoms with E-state index in [2.05, 4.69) is 5.32 Å². The minimum Gasteiger partial charge on any atom is -0.481 e. The van der Waals surface area contributed by atoms with Crippen LogP contribution >= 0.6 is 0 Å². The number of urea groups is 1. The van der Waals surface area contributed by atoms with E-state index < -0.39 is 5.97 Å². The van der Waals surface area contributed by atoms with Gasteiger partial charge in [0.2, 0.25) is 5.91 Å². The first-order valence-electron chi connectivity index (χ1n) is 7.52. The molecule has 7 heteroatoms. The average Bonchev–Trinajstić information content (AvgIpc) is 2.80. The largest absolute Gasteiger partial charge is 0.481 e. The highest BCUT2D eigenvalue weighted by molar-refractivity contribution is 5.84. The first-order chi connectivity index (χ1) is 9.95. The number of piperidine rings is 1. The third-order valence-corrected chi connectivity index (χ3v) is 4.44. The summed E-state index contributed by atoms with van der Waals surface area (Å²) < 4.78 is 0. The topological polar surface area (TPSA) is 90.0 Å². The summed E-state index contributed by atoms with van der Waals surface area (Å²) in [6.45, 7) is 5.18. The zero-order valence-electron chi connectivity index (χ0n) is 12.5. The molecule has 2 saturated heterocycles. The molecule has 2 aliphatic heterocycles. The van der Waals surface area contributed by atoms with Gasteiger partial charge in [-0.25, -0.2) is 4.79 Å². The summed E-state index contributed by atoms with van der Waals surface area (Å²) in [6.07, 6.45) is 1.56. The van der Waals surface area contributed by atoms with Gasteiger partial charge in [-0.2, -0.15) is 0 Å². The fraction of sp³-hybridized carbons (Fsp3) is 0.786. The van der Waals surface area contributed by atoms with Crippen molar-refractivity contribution < 1.29 is 19.5 Å². The Morgan fingerprint density at radius 2 is 2.24 bits per heavy atom. The Labute approximate surface area is 124 Å². The maximum absolute atomic E-state index is 12.7. The summed E-state index contributed by atoms with van der Waals surface area (Å²) in [5.41, 5.74) is 0. The highest BCUT2D eigenvalue weighted by Gasteiger charge is 2.43. The number of carbonyl (C=O) groups is 3. The van der Waals surface area contributed by atoms with E-state index in [0.717, 1.165) is 12.8 Å². The smallest absolute Gasteiger partial charge is 0.320 e. The van der Waals surface area contributed by atoms with Crippen molar-refractivity contribution in [2.75, 3.05) is 19.6 Å². The van der Waals surface area contributed by atoms with Gasteiger partial charge in [-0.15, -0.1) is 0 Å². The Kier molecular flexibility index (Phi) is 4.69. The van der Waals surface area contributed by atoms with Crippen LogP contribution < -0.4 is 5.32 Å². The third kappa shape index (κ3) is 3.11. The average molecular weight is 297 g/mol. The lowest BCUT2D eigenvalue weighted by Gasteiger charge is -2.40. The Balaban J connectivity index is 2.09. The number of hydrogen-bond acceptors (Lipinski definition) is 3. The van der Waals surface area contributed by atoms with Gasteiger partial charge in [0.05, 0.1) is 18.4 Å². The lowest BCUT2D eigenvalue weighted by molar-refractivity contribution is -0.138. The van der Waals surface area contributed by atoms with Crippen molar-refractivity contribution >= 4 is 17.9 Å². The van der Waals surface area contributed by atoms with Crippen LogP contribution in [0.3, 0.4) is 0 Å². The molecule has 0 aromatic rings. The first-order valence-corrected chi connectivity index (χ1v) is 7.52. The van der Waals surface area contributed by atoms with Gasteiger partial charge < -0.3 is 20.2 Å². The number of nitrogens with zero attached hydrogens (tertiary/aromatic N) is 2. The van der Waals surface area contributed by atoms with Crippen molar-refractivity contribution in [1.29, 1.82) is 0 Å². The van der Waals surface area contributed by atoms with Crippen LogP contribution in [0.4, 0.5) is 4.79 Å². The Bertz CT molecular complexity index is 440. The van der Waals surface area contributed by atoms with Gasteiger partial charge in [-0.1, -0.05) is 0 Å². The van der Waals surface area contributed by atoms with Gasteiger partial charge in [0.15, 0.2) is 0 Å². The van der Waals surface area contributed by atoms with Crippen molar-refractivity contribution in [2.45, 2.75) is 45.2 Å². The van der Waals surface area contributed by atoms with Crippen LogP contribution in [0.1, 0.15) is 33.1 Å². The number of carbonyl (C=O) groups excluding carboxylic acids is 2. The van der Waals surface area contributed by atoms with E-state index >= 15 is 0 Å². The molecule has 0 aliphatic carbocycles. The van der Waals surface area contributed by atoms with E-state index in [1.54, 1.807) is 16.7 Å². The second kappa shape index (κ2) is 6.32. The van der Waals surface area contributed by atoms with E-state index in [1.165, 1.54) is 0 Å². The number of aliphatic carboxylic acids is 1. The number of carboxylic acids is 1. The number of rotatable bonds is 4. The fourth-order valence-corrected chi connectivity index (χ4v) is 3.35. The van der Waals surface area contributed by atoms with Crippen LogP contribution in [0.2, 0.25) is 0 Å². The van der Waals surface area contributed by atoms with E-state index in [-0.39, 0.29) is 36.4 Å². The van der Waals surface area contributed by atoms with Crippen LogP contribution in [0.5, 0.6) is 0 Å². The number of likely N-dealkylation sites (tertiary alicyclic amines) is 1. The SMILES string of the molecule is CCN(C(=O)N1CCCC2C(=O)NCC21)C(C)CC(=O)O. The molecule has 0 radical (unpaired) electrons. The van der Waals surface area contributed by atoms with E-state index in [1.807, 2.05) is 6.92 Å². The molecule has 118 valence electrons. The molecule has 0 spiro atoms. The maximum atomic E-state index is 12.7. The molecule has 2 fully saturated rings. The third-order valence-electron chi connectivity index (χ3n) is 4.44. The molecule has 0 bridgehead atoms. The van der Waals surface area contributed by atoms with Crippen LogP contribution in [0.15, 0.2) is 0 Å². The highest BCUT2D eigenvalue weighted by atomic mass is 16.4. The Hall–Kier alpha value is -1.79. The van der Waals surface area contributed by atoms with Crippen LogP contribution in [0, 0.1) is 5.92 Å². The molecule has 2 aliphatic rings. The second-order valence-corrected chi connectivity index (χ2v) is 5.77. The molecule has 0 aromatic carbocycles. The molecule has 2 heterocycles. The van der Waals surface area contributed by atoms with E-state index in [0.29, 0.717) is 19.6 Å². The molecule has 3 atom stereocenters. The summed E-state index contributed by atoms with van der Waals surface area (Å²) in [6, 6.07) is -0.604. The standard InChI is InChI=1S/C14H23N3O4/c1-3-16(9(2)7-12(18)19)14(21)17-6-4-5-10-11(17)8-15-13(10)20/h9-11H,3-8H2,1-2H3,(H,15,20)(H,18,19). The fourth-order valence-electron chi connectivity index (χ4n) is 3.35. The Morgan fingerprint density at radius 3 is 2.86 bits per heavy atom. The Morgan fingerprint density at radius 1 is 1.52 bits per heavy atom. The number of hydrogen-bond donors (Lipinski definition) is 2. The monoisotopic (exact) mass is 297 g/mol. The minimum absolute atomic E-state index is 0.0270. The van der Waals surface area contributed by atoms with Crippen molar-refractivity contribution in [3.05, 3.63) is 0 Å².